The van der Waals surface area contributed by atoms with E-state index >= 15 is 0 Å². The molecule has 0 radical (unpaired) electrons. The van der Waals surface area contributed by atoms with Crippen LogP contribution in [0.15, 0.2) is 34.7 Å². The van der Waals surface area contributed by atoms with Crippen LogP contribution in [-0.4, -0.2) is 52.1 Å². The number of carbonyl (C=O) groups is 1. The third-order valence-electron chi connectivity index (χ3n) is 3.78. The Morgan fingerprint density at radius 3 is 2.72 bits per heavy atom. The number of ether oxygens (including phenoxy) is 1. The molecule has 0 spiro atoms. The van der Waals surface area contributed by atoms with Crippen molar-refractivity contribution < 1.29 is 9.53 Å². The van der Waals surface area contributed by atoms with Gasteiger partial charge in [-0.15, -0.1) is 10.2 Å². The maximum atomic E-state index is 12.4. The lowest BCUT2D eigenvalue weighted by Crippen LogP contribution is -2.48. The van der Waals surface area contributed by atoms with Crippen molar-refractivity contribution in [1.29, 1.82) is 0 Å². The highest BCUT2D eigenvalue weighted by Gasteiger charge is 2.25. The molecule has 0 aliphatic carbocycles. The number of nitrogens with one attached hydrogen (secondary N) is 1. The quantitative estimate of drug-likeness (QED) is 0.780. The number of morpholine rings is 1. The number of rotatable bonds is 6. The predicted octanol–water partition coefficient (Wildman–Crippen LogP) is 2.88. The zero-order valence-corrected chi connectivity index (χ0v) is 16.0. The van der Waals surface area contributed by atoms with Crippen LogP contribution in [0, 0.1) is 0 Å². The minimum Gasteiger partial charge on any atom is -0.372 e. The van der Waals surface area contributed by atoms with E-state index in [1.54, 1.807) is 0 Å². The van der Waals surface area contributed by atoms with Gasteiger partial charge in [0.2, 0.25) is 11.0 Å². The van der Waals surface area contributed by atoms with E-state index in [-0.39, 0.29) is 18.1 Å². The molecular weight excluding hydrogens is 356 g/mol. The third-order valence-corrected chi connectivity index (χ3v) is 5.78. The zero-order valence-electron chi connectivity index (χ0n) is 14.3. The third kappa shape index (κ3) is 5.42. The van der Waals surface area contributed by atoms with Gasteiger partial charge in [-0.3, -0.25) is 4.79 Å². The lowest BCUT2D eigenvalue weighted by Gasteiger charge is -2.35. The van der Waals surface area contributed by atoms with Crippen molar-refractivity contribution in [3.8, 4) is 0 Å². The number of hydrogen-bond donors (Lipinski definition) is 1. The molecule has 1 fully saturated rings. The van der Waals surface area contributed by atoms with Gasteiger partial charge in [-0.2, -0.15) is 0 Å². The number of amides is 1. The first-order chi connectivity index (χ1) is 12.1. The average Bonchev–Trinajstić information content (AvgIpc) is 3.06. The highest BCUT2D eigenvalue weighted by atomic mass is 32.2. The van der Waals surface area contributed by atoms with Crippen LogP contribution in [0.1, 0.15) is 19.4 Å². The lowest BCUT2D eigenvalue weighted by molar-refractivity contribution is -0.140. The van der Waals surface area contributed by atoms with E-state index in [9.17, 15) is 4.79 Å². The van der Waals surface area contributed by atoms with Gasteiger partial charge in [0.05, 0.1) is 18.0 Å². The van der Waals surface area contributed by atoms with Gasteiger partial charge in [0.15, 0.2) is 4.34 Å². The van der Waals surface area contributed by atoms with Crippen molar-refractivity contribution in [1.82, 2.24) is 15.1 Å². The lowest BCUT2D eigenvalue weighted by atomic mass is 10.2. The molecular formula is C17H22N4O2S2. The SMILES string of the molecule is CC1CN(C(=O)CSc2nnc(NCc3ccccc3)s2)CC(C)O1. The van der Waals surface area contributed by atoms with Gasteiger partial charge in [0.1, 0.15) is 0 Å². The molecule has 2 atom stereocenters. The Kier molecular flexibility index (Phi) is 6.28. The van der Waals surface area contributed by atoms with Crippen molar-refractivity contribution in [2.24, 2.45) is 0 Å². The smallest absolute Gasteiger partial charge is 0.233 e. The van der Waals surface area contributed by atoms with E-state index < -0.39 is 0 Å². The van der Waals surface area contributed by atoms with E-state index in [1.165, 1.54) is 28.7 Å². The fraction of sp³-hybridized carbons (Fsp3) is 0.471. The van der Waals surface area contributed by atoms with Gasteiger partial charge < -0.3 is 15.0 Å². The highest BCUT2D eigenvalue weighted by Crippen LogP contribution is 2.26. The number of benzene rings is 1. The Morgan fingerprint density at radius 1 is 1.28 bits per heavy atom. The van der Waals surface area contributed by atoms with Gasteiger partial charge in [-0.1, -0.05) is 53.4 Å². The van der Waals surface area contributed by atoms with E-state index in [0.29, 0.717) is 25.4 Å². The van der Waals surface area contributed by atoms with E-state index in [1.807, 2.05) is 36.9 Å². The van der Waals surface area contributed by atoms with Gasteiger partial charge >= 0.3 is 0 Å². The summed E-state index contributed by atoms with van der Waals surface area (Å²) >= 11 is 2.92. The molecule has 1 aromatic heterocycles. The Hall–Kier alpha value is -1.64. The first-order valence-corrected chi connectivity index (χ1v) is 10.1. The Balaban J connectivity index is 1.46. The van der Waals surface area contributed by atoms with Gasteiger partial charge in [-0.25, -0.2) is 0 Å². The van der Waals surface area contributed by atoms with E-state index in [2.05, 4.69) is 27.6 Å². The molecule has 1 aliphatic rings. The van der Waals surface area contributed by atoms with Crippen molar-refractivity contribution >= 4 is 34.1 Å². The normalized spacial score (nSPS) is 20.5. The van der Waals surface area contributed by atoms with E-state index in [0.717, 1.165) is 9.47 Å². The van der Waals surface area contributed by atoms with Crippen LogP contribution in [0.4, 0.5) is 5.13 Å². The molecule has 2 unspecified atom stereocenters. The molecule has 0 saturated carbocycles. The first-order valence-electron chi connectivity index (χ1n) is 8.27. The molecule has 0 bridgehead atoms. The molecule has 25 heavy (non-hydrogen) atoms. The number of thioether (sulfide) groups is 1. The number of anilines is 1. The monoisotopic (exact) mass is 378 g/mol. The summed E-state index contributed by atoms with van der Waals surface area (Å²) in [6, 6.07) is 10.1. The summed E-state index contributed by atoms with van der Waals surface area (Å²) in [5.74, 6) is 0.508. The molecule has 1 saturated heterocycles. The van der Waals surface area contributed by atoms with Crippen LogP contribution in [0.2, 0.25) is 0 Å². The predicted molar refractivity (Wildman–Crippen MR) is 101 cm³/mol. The largest absolute Gasteiger partial charge is 0.372 e. The zero-order chi connectivity index (χ0) is 17.6. The molecule has 1 aromatic carbocycles. The van der Waals surface area contributed by atoms with Crippen molar-refractivity contribution in [3.63, 3.8) is 0 Å². The standard InChI is InChI=1S/C17H22N4O2S2/c1-12-9-21(10-13(2)23-12)15(22)11-24-17-20-19-16(25-17)18-8-14-6-4-3-5-7-14/h3-7,12-13H,8-11H2,1-2H3,(H,18,19). The minimum atomic E-state index is 0.0908. The molecule has 3 rings (SSSR count). The van der Waals surface area contributed by atoms with Gasteiger partial charge in [-0.05, 0) is 19.4 Å². The summed E-state index contributed by atoms with van der Waals surface area (Å²) in [5.41, 5.74) is 1.19. The molecule has 1 amide bonds. The minimum absolute atomic E-state index is 0.0908. The Morgan fingerprint density at radius 2 is 2.00 bits per heavy atom. The second-order valence-corrected chi connectivity index (χ2v) is 8.26. The summed E-state index contributed by atoms with van der Waals surface area (Å²) in [4.78, 5) is 14.2. The highest BCUT2D eigenvalue weighted by molar-refractivity contribution is 8.01. The van der Waals surface area contributed by atoms with Crippen LogP contribution in [0.5, 0.6) is 0 Å². The topological polar surface area (TPSA) is 67.4 Å². The van der Waals surface area contributed by atoms with Gasteiger partial charge in [0, 0.05) is 19.6 Å². The maximum Gasteiger partial charge on any atom is 0.233 e. The Labute approximate surface area is 156 Å². The fourth-order valence-electron chi connectivity index (χ4n) is 2.71. The summed E-state index contributed by atoms with van der Waals surface area (Å²) in [6.45, 7) is 6.02. The average molecular weight is 379 g/mol. The molecule has 1 N–H and O–H groups in total. The van der Waals surface area contributed by atoms with Crippen molar-refractivity contribution in [2.75, 3.05) is 24.2 Å². The molecule has 134 valence electrons. The molecule has 6 nitrogen and oxygen atoms in total. The van der Waals surface area contributed by atoms with Crippen LogP contribution in [0.25, 0.3) is 0 Å². The van der Waals surface area contributed by atoms with Crippen molar-refractivity contribution in [2.45, 2.75) is 36.9 Å². The summed E-state index contributed by atoms with van der Waals surface area (Å²) in [5, 5.41) is 12.3. The molecule has 1 aliphatic heterocycles. The fourth-order valence-corrected chi connectivity index (χ4v) is 4.36. The first kappa shape index (κ1) is 18.2. The second kappa shape index (κ2) is 8.64. The summed E-state index contributed by atoms with van der Waals surface area (Å²) < 4.78 is 6.47. The van der Waals surface area contributed by atoms with Gasteiger partial charge in [0.25, 0.3) is 0 Å². The summed E-state index contributed by atoms with van der Waals surface area (Å²) in [6.07, 6.45) is 0.182. The number of carbonyl (C=O) groups excluding carboxylic acids is 1. The summed E-state index contributed by atoms with van der Waals surface area (Å²) in [7, 11) is 0. The van der Waals surface area contributed by atoms with Crippen LogP contribution >= 0.6 is 23.1 Å². The molecule has 2 aromatic rings. The van der Waals surface area contributed by atoms with E-state index in [4.69, 9.17) is 4.74 Å². The molecule has 2 heterocycles. The maximum absolute atomic E-state index is 12.4. The van der Waals surface area contributed by atoms with Crippen LogP contribution < -0.4 is 5.32 Å². The number of aromatic nitrogens is 2. The van der Waals surface area contributed by atoms with Crippen LogP contribution in [-0.2, 0) is 16.1 Å². The molecule has 8 heteroatoms. The number of nitrogens with zero attached hydrogens (tertiary/aromatic N) is 3. The number of hydrogen-bond acceptors (Lipinski definition) is 7. The van der Waals surface area contributed by atoms with Crippen molar-refractivity contribution in [3.05, 3.63) is 35.9 Å². The second-order valence-electron chi connectivity index (χ2n) is 6.06. The Bertz CT molecular complexity index is 685. The van der Waals surface area contributed by atoms with Crippen LogP contribution in [0.3, 0.4) is 0 Å².